The van der Waals surface area contributed by atoms with Crippen LogP contribution in [0.5, 0.6) is 5.75 Å². The van der Waals surface area contributed by atoms with E-state index in [-0.39, 0.29) is 11.2 Å². The van der Waals surface area contributed by atoms with Crippen LogP contribution in [0.4, 0.5) is 0 Å². The second-order valence-corrected chi connectivity index (χ2v) is 8.30. The number of hydrogen-bond donors (Lipinski definition) is 1. The molecule has 0 saturated heterocycles. The minimum atomic E-state index is -3.19. The molecule has 4 nitrogen and oxygen atoms in total. The van der Waals surface area contributed by atoms with E-state index in [1.165, 1.54) is 0 Å². The number of sulfonamides is 1. The third-order valence-electron chi connectivity index (χ3n) is 3.42. The van der Waals surface area contributed by atoms with Crippen molar-refractivity contribution >= 4 is 10.0 Å². The highest BCUT2D eigenvalue weighted by Crippen LogP contribution is 2.33. The van der Waals surface area contributed by atoms with E-state index in [1.807, 2.05) is 26.0 Å². The molecule has 0 fully saturated rings. The molecular weight excluding hydrogens is 286 g/mol. The van der Waals surface area contributed by atoms with Gasteiger partial charge in [0.15, 0.2) is 0 Å². The first-order valence-corrected chi connectivity index (χ1v) is 8.91. The van der Waals surface area contributed by atoms with E-state index >= 15 is 0 Å². The smallest absolute Gasteiger partial charge is 0.211 e. The van der Waals surface area contributed by atoms with Gasteiger partial charge < -0.3 is 4.74 Å². The third kappa shape index (κ3) is 5.00. The van der Waals surface area contributed by atoms with E-state index in [1.54, 1.807) is 7.11 Å². The van der Waals surface area contributed by atoms with E-state index < -0.39 is 10.0 Å². The quantitative estimate of drug-likeness (QED) is 0.878. The van der Waals surface area contributed by atoms with Crippen molar-refractivity contribution in [3.63, 3.8) is 0 Å². The maximum atomic E-state index is 11.8. The summed E-state index contributed by atoms with van der Waals surface area (Å²) in [5.41, 5.74) is 3.04. The fourth-order valence-corrected chi connectivity index (χ4v) is 3.26. The average Bonchev–Trinajstić information content (AvgIpc) is 2.35. The van der Waals surface area contributed by atoms with Crippen LogP contribution in [0.1, 0.15) is 50.8 Å². The van der Waals surface area contributed by atoms with Crippen molar-refractivity contribution in [1.82, 2.24) is 4.72 Å². The fourth-order valence-electron chi connectivity index (χ4n) is 2.20. The van der Waals surface area contributed by atoms with Crippen molar-refractivity contribution < 1.29 is 13.2 Å². The highest BCUT2D eigenvalue weighted by Gasteiger charge is 2.21. The van der Waals surface area contributed by atoms with Crippen molar-refractivity contribution in [3.05, 3.63) is 28.8 Å². The highest BCUT2D eigenvalue weighted by atomic mass is 32.2. The minimum Gasteiger partial charge on any atom is -0.496 e. The van der Waals surface area contributed by atoms with Crippen LogP contribution in [0.15, 0.2) is 12.1 Å². The van der Waals surface area contributed by atoms with Crippen LogP contribution >= 0.6 is 0 Å². The highest BCUT2D eigenvalue weighted by molar-refractivity contribution is 7.89. The first kappa shape index (κ1) is 18.0. The number of methoxy groups -OCH3 is 1. The summed E-state index contributed by atoms with van der Waals surface area (Å²) in [6, 6.07) is 4.02. The van der Waals surface area contributed by atoms with Gasteiger partial charge in [-0.3, -0.25) is 0 Å². The second-order valence-electron chi connectivity index (χ2n) is 6.37. The van der Waals surface area contributed by atoms with Gasteiger partial charge in [0.25, 0.3) is 0 Å². The Balaban J connectivity index is 3.09. The van der Waals surface area contributed by atoms with Gasteiger partial charge in [-0.15, -0.1) is 0 Å². The van der Waals surface area contributed by atoms with Gasteiger partial charge in [-0.25, -0.2) is 13.1 Å². The summed E-state index contributed by atoms with van der Waals surface area (Å²) in [6.07, 6.45) is 0.615. The Labute approximate surface area is 129 Å². The maximum Gasteiger partial charge on any atom is 0.211 e. The van der Waals surface area contributed by atoms with Gasteiger partial charge in [0.05, 0.1) is 12.9 Å². The Morgan fingerprint density at radius 3 is 2.33 bits per heavy atom. The molecule has 0 aliphatic heterocycles. The average molecular weight is 313 g/mol. The summed E-state index contributed by atoms with van der Waals surface area (Å²) in [4.78, 5) is 0. The van der Waals surface area contributed by atoms with Gasteiger partial charge in [0, 0.05) is 6.54 Å². The molecule has 0 unspecified atom stereocenters. The predicted molar refractivity (Wildman–Crippen MR) is 87.3 cm³/mol. The summed E-state index contributed by atoms with van der Waals surface area (Å²) in [6.45, 7) is 10.5. The van der Waals surface area contributed by atoms with E-state index in [0.717, 1.165) is 22.4 Å². The van der Waals surface area contributed by atoms with Crippen LogP contribution in [-0.4, -0.2) is 21.3 Å². The lowest BCUT2D eigenvalue weighted by molar-refractivity contribution is 0.397. The molecule has 1 N–H and O–H groups in total. The van der Waals surface area contributed by atoms with E-state index in [2.05, 4.69) is 25.5 Å². The first-order valence-electron chi connectivity index (χ1n) is 7.26. The lowest BCUT2D eigenvalue weighted by Crippen LogP contribution is -2.26. The summed E-state index contributed by atoms with van der Waals surface area (Å²) in [5, 5.41) is 0. The van der Waals surface area contributed by atoms with Gasteiger partial charge in [-0.2, -0.15) is 0 Å². The first-order chi connectivity index (χ1) is 9.60. The molecule has 0 saturated carbocycles. The van der Waals surface area contributed by atoms with Crippen LogP contribution in [0.2, 0.25) is 0 Å². The topological polar surface area (TPSA) is 55.4 Å². The Kier molecular flexibility index (Phi) is 5.82. The van der Waals surface area contributed by atoms with Gasteiger partial charge >= 0.3 is 0 Å². The largest absolute Gasteiger partial charge is 0.496 e. The van der Waals surface area contributed by atoms with Gasteiger partial charge in [-0.1, -0.05) is 27.7 Å². The van der Waals surface area contributed by atoms with Crippen LogP contribution in [0.3, 0.4) is 0 Å². The summed E-state index contributed by atoms with van der Waals surface area (Å²) < 4.78 is 31.7. The minimum absolute atomic E-state index is 0.0594. The number of rotatable bonds is 6. The lowest BCUT2D eigenvalue weighted by Gasteiger charge is -2.24. The zero-order valence-electron chi connectivity index (χ0n) is 13.9. The van der Waals surface area contributed by atoms with Crippen LogP contribution in [0, 0.1) is 6.92 Å². The zero-order valence-corrected chi connectivity index (χ0v) is 14.7. The van der Waals surface area contributed by atoms with Crippen LogP contribution in [-0.2, 0) is 22.0 Å². The monoisotopic (exact) mass is 313 g/mol. The summed E-state index contributed by atoms with van der Waals surface area (Å²) in [5.74, 6) is 1.01. The molecule has 0 aliphatic rings. The molecule has 5 heteroatoms. The molecule has 1 rings (SSSR count). The fraction of sp³-hybridized carbons (Fsp3) is 0.625. The zero-order chi connectivity index (χ0) is 16.3. The molecule has 0 aliphatic carbocycles. The molecule has 0 atom stereocenters. The number of hydrogen-bond acceptors (Lipinski definition) is 3. The Hall–Kier alpha value is -1.07. The molecule has 0 bridgehead atoms. The van der Waals surface area contributed by atoms with E-state index in [9.17, 15) is 8.42 Å². The van der Waals surface area contributed by atoms with Crippen molar-refractivity contribution in [3.8, 4) is 5.75 Å². The Morgan fingerprint density at radius 2 is 1.86 bits per heavy atom. The maximum absolute atomic E-state index is 11.8. The molecule has 0 aromatic heterocycles. The number of nitrogens with one attached hydrogen (secondary N) is 1. The van der Waals surface area contributed by atoms with Crippen molar-refractivity contribution in [2.45, 2.75) is 53.0 Å². The number of benzene rings is 1. The SMILES string of the molecule is CCCS(=O)(=O)NCc1cc(C(C)(C)C)c(OC)cc1C. The standard InChI is InChI=1S/C16H27NO3S/c1-7-8-21(18,19)17-11-13-10-14(16(3,4)5)15(20-6)9-12(13)2/h9-10,17H,7-8,11H2,1-6H3. The van der Waals surface area contributed by atoms with Gasteiger partial charge in [0.2, 0.25) is 10.0 Å². The molecule has 0 amide bonds. The van der Waals surface area contributed by atoms with Crippen molar-refractivity contribution in [1.29, 1.82) is 0 Å². The molecule has 0 heterocycles. The Morgan fingerprint density at radius 1 is 1.24 bits per heavy atom. The van der Waals surface area contributed by atoms with Crippen molar-refractivity contribution in [2.75, 3.05) is 12.9 Å². The predicted octanol–water partition coefficient (Wildman–Crippen LogP) is 3.13. The van der Waals surface area contributed by atoms with Crippen LogP contribution < -0.4 is 9.46 Å². The summed E-state index contributed by atoms with van der Waals surface area (Å²) >= 11 is 0. The Bertz CT molecular complexity index is 586. The molecule has 0 spiro atoms. The van der Waals surface area contributed by atoms with E-state index in [0.29, 0.717) is 13.0 Å². The normalized spacial score (nSPS) is 12.5. The third-order valence-corrected chi connectivity index (χ3v) is 4.95. The molecular formula is C16H27NO3S. The van der Waals surface area contributed by atoms with Gasteiger partial charge in [0.1, 0.15) is 5.75 Å². The molecule has 21 heavy (non-hydrogen) atoms. The second kappa shape index (κ2) is 6.79. The lowest BCUT2D eigenvalue weighted by atomic mass is 9.84. The van der Waals surface area contributed by atoms with Crippen LogP contribution in [0.25, 0.3) is 0 Å². The number of ether oxygens (including phenoxy) is 1. The van der Waals surface area contributed by atoms with Crippen molar-refractivity contribution in [2.24, 2.45) is 0 Å². The molecule has 1 aromatic rings. The number of aryl methyl sites for hydroxylation is 1. The molecule has 1 aromatic carbocycles. The van der Waals surface area contributed by atoms with E-state index in [4.69, 9.17) is 4.74 Å². The van der Waals surface area contributed by atoms with Gasteiger partial charge in [-0.05, 0) is 47.6 Å². The summed E-state index contributed by atoms with van der Waals surface area (Å²) in [7, 11) is -1.53. The molecule has 0 radical (unpaired) electrons. The molecule has 120 valence electrons.